The number of carbonyl (C=O) groups is 2. The number of aryl methyl sites for hydroxylation is 2. The number of benzene rings is 3. The number of amides is 2. The first kappa shape index (κ1) is 33.1. The predicted octanol–water partition coefficient (Wildman–Crippen LogP) is 7.33. The fourth-order valence-electron chi connectivity index (χ4n) is 5.23. The Morgan fingerprint density at radius 1 is 0.907 bits per heavy atom. The maximum Gasteiger partial charge on any atom is 0.264 e. The highest BCUT2D eigenvalue weighted by molar-refractivity contribution is 7.92. The van der Waals surface area contributed by atoms with Crippen LogP contribution in [0.5, 0.6) is 0 Å². The van der Waals surface area contributed by atoms with Crippen LogP contribution in [0.25, 0.3) is 0 Å². The van der Waals surface area contributed by atoms with Crippen molar-refractivity contribution in [1.29, 1.82) is 0 Å². The van der Waals surface area contributed by atoms with E-state index in [1.807, 2.05) is 6.92 Å². The zero-order valence-electron chi connectivity index (χ0n) is 24.4. The van der Waals surface area contributed by atoms with Gasteiger partial charge in [0.1, 0.15) is 12.6 Å². The lowest BCUT2D eigenvalue weighted by molar-refractivity contribution is -0.139. The number of halogens is 3. The average Bonchev–Trinajstić information content (AvgIpc) is 2.96. The van der Waals surface area contributed by atoms with Gasteiger partial charge in [0.15, 0.2) is 0 Å². The summed E-state index contributed by atoms with van der Waals surface area (Å²) in [7, 11) is -4.19. The molecule has 7 nitrogen and oxygen atoms in total. The van der Waals surface area contributed by atoms with Crippen molar-refractivity contribution in [3.8, 4) is 0 Å². The van der Waals surface area contributed by atoms with Gasteiger partial charge in [0.05, 0.1) is 10.6 Å². The number of rotatable bonds is 10. The van der Waals surface area contributed by atoms with Crippen LogP contribution in [0.4, 0.5) is 5.69 Å². The average molecular weight is 665 g/mol. The molecule has 1 unspecified atom stereocenters. The van der Waals surface area contributed by atoms with Crippen molar-refractivity contribution in [3.05, 3.63) is 92.4 Å². The fraction of sp³-hybridized carbons (Fsp3) is 0.375. The van der Waals surface area contributed by atoms with E-state index in [2.05, 4.69) is 5.32 Å². The molecule has 3 aromatic rings. The molecule has 2 amide bonds. The maximum absolute atomic E-state index is 14.2. The summed E-state index contributed by atoms with van der Waals surface area (Å²) in [4.78, 5) is 29.1. The molecule has 4 rings (SSSR count). The van der Waals surface area contributed by atoms with Crippen LogP contribution < -0.4 is 9.62 Å². The number of carbonyl (C=O) groups excluding carboxylic acids is 2. The molecule has 230 valence electrons. The van der Waals surface area contributed by atoms with Crippen molar-refractivity contribution in [2.75, 3.05) is 10.8 Å². The van der Waals surface area contributed by atoms with Crippen LogP contribution >= 0.6 is 34.8 Å². The van der Waals surface area contributed by atoms with Crippen LogP contribution in [0.15, 0.2) is 65.6 Å². The van der Waals surface area contributed by atoms with E-state index in [0.717, 1.165) is 42.0 Å². The first-order chi connectivity index (χ1) is 20.4. The molecule has 0 heterocycles. The summed E-state index contributed by atoms with van der Waals surface area (Å²) in [5.41, 5.74) is 2.36. The molecule has 0 spiro atoms. The number of anilines is 1. The highest BCUT2D eigenvalue weighted by atomic mass is 35.5. The van der Waals surface area contributed by atoms with Gasteiger partial charge in [-0.15, -0.1) is 0 Å². The molecule has 0 aromatic heterocycles. The normalized spacial score (nSPS) is 14.7. The van der Waals surface area contributed by atoms with E-state index in [1.54, 1.807) is 62.4 Å². The summed E-state index contributed by atoms with van der Waals surface area (Å²) in [5.74, 6) is -0.872. The minimum Gasteiger partial charge on any atom is -0.352 e. The molecule has 0 aliphatic heterocycles. The van der Waals surface area contributed by atoms with Gasteiger partial charge < -0.3 is 10.2 Å². The molecule has 0 bridgehead atoms. The van der Waals surface area contributed by atoms with E-state index in [0.29, 0.717) is 31.9 Å². The Morgan fingerprint density at radius 3 is 2.16 bits per heavy atom. The third-order valence-corrected chi connectivity index (χ3v) is 10.4. The van der Waals surface area contributed by atoms with Gasteiger partial charge in [0.25, 0.3) is 10.0 Å². The SMILES string of the molecule is Cc1ccc(S(=O)(=O)N(CC(=O)N(Cc2ccc(Cl)cc2Cl)C(C)C(=O)NC2CCCCC2)c2ccc(Cl)cc2C)cc1. The van der Waals surface area contributed by atoms with Crippen molar-refractivity contribution in [3.63, 3.8) is 0 Å². The first-order valence-electron chi connectivity index (χ1n) is 14.3. The molecule has 1 N–H and O–H groups in total. The van der Waals surface area contributed by atoms with E-state index in [1.165, 1.54) is 17.0 Å². The summed E-state index contributed by atoms with van der Waals surface area (Å²) in [6.45, 7) is 4.67. The number of nitrogens with one attached hydrogen (secondary N) is 1. The Morgan fingerprint density at radius 2 is 1.53 bits per heavy atom. The molecule has 3 aromatic carbocycles. The Hall–Kier alpha value is -2.78. The third-order valence-electron chi connectivity index (χ3n) is 7.79. The Bertz CT molecular complexity index is 1580. The Kier molecular flexibility index (Phi) is 11.0. The summed E-state index contributed by atoms with van der Waals surface area (Å²) < 4.78 is 29.2. The van der Waals surface area contributed by atoms with Gasteiger partial charge in [-0.05, 0) is 87.2 Å². The molecular formula is C32H36Cl3N3O4S. The summed E-state index contributed by atoms with van der Waals surface area (Å²) >= 11 is 18.8. The van der Waals surface area contributed by atoms with Crippen LogP contribution in [0.3, 0.4) is 0 Å². The van der Waals surface area contributed by atoms with E-state index in [-0.39, 0.29) is 23.4 Å². The van der Waals surface area contributed by atoms with Crippen molar-refractivity contribution in [2.45, 2.75) is 76.4 Å². The second-order valence-corrected chi connectivity index (χ2v) is 14.2. The van der Waals surface area contributed by atoms with Gasteiger partial charge in [-0.2, -0.15) is 0 Å². The third kappa shape index (κ3) is 8.24. The second-order valence-electron chi connectivity index (χ2n) is 11.0. The molecule has 0 saturated heterocycles. The van der Waals surface area contributed by atoms with Crippen molar-refractivity contribution in [2.24, 2.45) is 0 Å². The van der Waals surface area contributed by atoms with Gasteiger partial charge in [0.2, 0.25) is 11.8 Å². The lowest BCUT2D eigenvalue weighted by atomic mass is 9.95. The van der Waals surface area contributed by atoms with Gasteiger partial charge >= 0.3 is 0 Å². The Balaban J connectivity index is 1.72. The van der Waals surface area contributed by atoms with Crippen LogP contribution in [-0.2, 0) is 26.2 Å². The van der Waals surface area contributed by atoms with Gasteiger partial charge in [0, 0.05) is 27.7 Å². The number of sulfonamides is 1. The first-order valence-corrected chi connectivity index (χ1v) is 16.8. The summed E-state index contributed by atoms with van der Waals surface area (Å²) in [6, 6.07) is 15.3. The quantitative estimate of drug-likeness (QED) is 0.246. The fourth-order valence-corrected chi connectivity index (χ4v) is 7.41. The Labute approximate surface area is 269 Å². The van der Waals surface area contributed by atoms with Crippen molar-refractivity contribution >= 4 is 62.3 Å². The van der Waals surface area contributed by atoms with E-state index >= 15 is 0 Å². The summed E-state index contributed by atoms with van der Waals surface area (Å²) in [5, 5.41) is 4.30. The van der Waals surface area contributed by atoms with Gasteiger partial charge in [-0.3, -0.25) is 13.9 Å². The zero-order valence-corrected chi connectivity index (χ0v) is 27.5. The van der Waals surface area contributed by atoms with Crippen molar-refractivity contribution in [1.82, 2.24) is 10.2 Å². The van der Waals surface area contributed by atoms with Crippen LogP contribution in [0.1, 0.15) is 55.7 Å². The van der Waals surface area contributed by atoms with Crippen LogP contribution in [0.2, 0.25) is 15.1 Å². The number of nitrogens with zero attached hydrogens (tertiary/aromatic N) is 2. The molecule has 1 saturated carbocycles. The molecule has 1 aliphatic carbocycles. The summed E-state index contributed by atoms with van der Waals surface area (Å²) in [6.07, 6.45) is 4.97. The number of hydrogen-bond donors (Lipinski definition) is 1. The largest absolute Gasteiger partial charge is 0.352 e. The lowest BCUT2D eigenvalue weighted by Gasteiger charge is -2.33. The van der Waals surface area contributed by atoms with Crippen LogP contribution in [0, 0.1) is 13.8 Å². The van der Waals surface area contributed by atoms with Gasteiger partial charge in [-0.25, -0.2) is 8.42 Å². The second kappa shape index (κ2) is 14.3. The standard InChI is InChI=1S/C32H36Cl3N3O4S/c1-21-9-14-28(15-10-21)43(41,42)38(30-16-13-25(33)17-22(30)2)20-31(39)37(19-24-11-12-26(34)18-29(24)35)23(3)32(40)36-27-7-5-4-6-8-27/h9-18,23,27H,4-8,19-20H2,1-3H3,(H,36,40). The monoisotopic (exact) mass is 663 g/mol. The number of hydrogen-bond acceptors (Lipinski definition) is 4. The van der Waals surface area contributed by atoms with Crippen molar-refractivity contribution < 1.29 is 18.0 Å². The highest BCUT2D eigenvalue weighted by Crippen LogP contribution is 2.30. The van der Waals surface area contributed by atoms with Crippen LogP contribution in [-0.4, -0.2) is 43.8 Å². The zero-order chi connectivity index (χ0) is 31.3. The molecule has 1 aliphatic rings. The van der Waals surface area contributed by atoms with E-state index < -0.39 is 28.5 Å². The lowest BCUT2D eigenvalue weighted by Crippen LogP contribution is -2.53. The molecule has 0 radical (unpaired) electrons. The predicted molar refractivity (Wildman–Crippen MR) is 173 cm³/mol. The van der Waals surface area contributed by atoms with E-state index in [4.69, 9.17) is 34.8 Å². The highest BCUT2D eigenvalue weighted by Gasteiger charge is 2.34. The maximum atomic E-state index is 14.2. The smallest absolute Gasteiger partial charge is 0.264 e. The topological polar surface area (TPSA) is 86.8 Å². The molecular weight excluding hydrogens is 629 g/mol. The minimum atomic E-state index is -4.19. The van der Waals surface area contributed by atoms with Gasteiger partial charge in [-0.1, -0.05) is 77.8 Å². The van der Waals surface area contributed by atoms with E-state index in [9.17, 15) is 18.0 Å². The molecule has 1 atom stereocenters. The minimum absolute atomic E-state index is 0.0217. The molecule has 43 heavy (non-hydrogen) atoms. The molecule has 1 fully saturated rings. The molecule has 11 heteroatoms.